The van der Waals surface area contributed by atoms with Crippen LogP contribution in [0.15, 0.2) is 46.3 Å². The first kappa shape index (κ1) is 11.7. The van der Waals surface area contributed by atoms with Gasteiger partial charge in [0.05, 0.1) is 5.69 Å². The zero-order valence-electron chi connectivity index (χ0n) is 9.68. The lowest BCUT2D eigenvalue weighted by molar-refractivity contribution is 0.478. The Labute approximate surface area is 117 Å². The third kappa shape index (κ3) is 2.40. The van der Waals surface area contributed by atoms with Gasteiger partial charge >= 0.3 is 0 Å². The van der Waals surface area contributed by atoms with Gasteiger partial charge in [-0.05, 0) is 42.0 Å². The quantitative estimate of drug-likeness (QED) is 0.651. The van der Waals surface area contributed by atoms with E-state index in [0.717, 1.165) is 21.3 Å². The summed E-state index contributed by atoms with van der Waals surface area (Å²) in [7, 11) is 0. The predicted octanol–water partition coefficient (Wildman–Crippen LogP) is 5.16. The smallest absolute Gasteiger partial charge is 0.278 e. The Balaban J connectivity index is 1.96. The van der Waals surface area contributed by atoms with Crippen LogP contribution in [-0.4, -0.2) is 4.98 Å². The van der Waals surface area contributed by atoms with E-state index in [2.05, 4.69) is 39.1 Å². The van der Waals surface area contributed by atoms with Crippen LogP contribution in [0.25, 0.3) is 10.8 Å². The Morgan fingerprint density at radius 3 is 2.67 bits per heavy atom. The number of benzene rings is 2. The van der Waals surface area contributed by atoms with Crippen molar-refractivity contribution < 1.29 is 4.74 Å². The van der Waals surface area contributed by atoms with E-state index in [0.29, 0.717) is 5.19 Å². The second kappa shape index (κ2) is 4.71. The molecule has 0 N–H and O–H groups in total. The van der Waals surface area contributed by atoms with Gasteiger partial charge in [-0.25, -0.2) is 4.98 Å². The average molecular weight is 320 g/mol. The summed E-state index contributed by atoms with van der Waals surface area (Å²) >= 11 is 4.98. The van der Waals surface area contributed by atoms with Crippen LogP contribution in [-0.2, 0) is 0 Å². The number of nitrogens with zero attached hydrogens (tertiary/aromatic N) is 1. The molecule has 0 saturated carbocycles. The largest absolute Gasteiger partial charge is 0.431 e. The molecule has 90 valence electrons. The summed E-state index contributed by atoms with van der Waals surface area (Å²) in [5.41, 5.74) is 0.986. The molecule has 0 fully saturated rings. The summed E-state index contributed by atoms with van der Waals surface area (Å²) in [6, 6.07) is 12.2. The van der Waals surface area contributed by atoms with E-state index in [1.165, 1.54) is 16.7 Å². The standard InChI is InChI=1S/C14H10BrNOS/c1-9-8-18-14(16-9)17-13-5-3-10-6-12(15)4-2-11(10)7-13/h2-8H,1H3. The molecular formula is C14H10BrNOS. The molecule has 0 unspecified atom stereocenters. The minimum atomic E-state index is 0.684. The van der Waals surface area contributed by atoms with Gasteiger partial charge < -0.3 is 4.74 Å². The topological polar surface area (TPSA) is 22.1 Å². The Bertz CT molecular complexity index is 708. The molecule has 3 rings (SSSR count). The van der Waals surface area contributed by atoms with Gasteiger partial charge in [0.2, 0.25) is 0 Å². The molecule has 0 saturated heterocycles. The van der Waals surface area contributed by atoms with Crippen LogP contribution in [0.1, 0.15) is 5.69 Å². The van der Waals surface area contributed by atoms with Crippen molar-refractivity contribution in [1.82, 2.24) is 4.98 Å². The zero-order valence-corrected chi connectivity index (χ0v) is 12.1. The highest BCUT2D eigenvalue weighted by molar-refractivity contribution is 9.10. The molecule has 0 aliphatic rings. The molecule has 2 aromatic carbocycles. The average Bonchev–Trinajstić information content (AvgIpc) is 2.75. The van der Waals surface area contributed by atoms with Gasteiger partial charge in [0, 0.05) is 9.85 Å². The van der Waals surface area contributed by atoms with Crippen molar-refractivity contribution in [3.63, 3.8) is 0 Å². The zero-order chi connectivity index (χ0) is 12.5. The number of aromatic nitrogens is 1. The third-order valence-electron chi connectivity index (χ3n) is 2.58. The molecule has 0 radical (unpaired) electrons. The highest BCUT2D eigenvalue weighted by Crippen LogP contribution is 2.28. The van der Waals surface area contributed by atoms with Crippen molar-refractivity contribution in [1.29, 1.82) is 0 Å². The van der Waals surface area contributed by atoms with Crippen LogP contribution >= 0.6 is 27.3 Å². The van der Waals surface area contributed by atoms with E-state index >= 15 is 0 Å². The van der Waals surface area contributed by atoms with Gasteiger partial charge in [-0.3, -0.25) is 0 Å². The predicted molar refractivity (Wildman–Crippen MR) is 78.6 cm³/mol. The molecule has 0 spiro atoms. The minimum absolute atomic E-state index is 0.684. The fraction of sp³-hybridized carbons (Fsp3) is 0.0714. The fourth-order valence-electron chi connectivity index (χ4n) is 1.74. The molecule has 0 atom stereocenters. The van der Waals surface area contributed by atoms with Crippen LogP contribution in [0.2, 0.25) is 0 Å². The van der Waals surface area contributed by atoms with Crippen LogP contribution < -0.4 is 4.74 Å². The SMILES string of the molecule is Cc1csc(Oc2ccc3cc(Br)ccc3c2)n1. The minimum Gasteiger partial charge on any atom is -0.431 e. The van der Waals surface area contributed by atoms with Gasteiger partial charge in [-0.2, -0.15) is 0 Å². The highest BCUT2D eigenvalue weighted by Gasteiger charge is 2.03. The first-order valence-corrected chi connectivity index (χ1v) is 7.17. The van der Waals surface area contributed by atoms with Crippen molar-refractivity contribution >= 4 is 38.0 Å². The van der Waals surface area contributed by atoms with Gasteiger partial charge in [0.25, 0.3) is 5.19 Å². The van der Waals surface area contributed by atoms with Gasteiger partial charge in [0.15, 0.2) is 0 Å². The van der Waals surface area contributed by atoms with Gasteiger partial charge in [-0.1, -0.05) is 39.4 Å². The Hall–Kier alpha value is -1.39. The number of aryl methyl sites for hydroxylation is 1. The van der Waals surface area contributed by atoms with E-state index in [9.17, 15) is 0 Å². The summed E-state index contributed by atoms with van der Waals surface area (Å²) in [6.45, 7) is 1.96. The summed E-state index contributed by atoms with van der Waals surface area (Å²) in [6.07, 6.45) is 0. The maximum absolute atomic E-state index is 5.73. The molecule has 18 heavy (non-hydrogen) atoms. The number of rotatable bonds is 2. The fourth-order valence-corrected chi connectivity index (χ4v) is 2.78. The summed E-state index contributed by atoms with van der Waals surface area (Å²) in [5.74, 6) is 0.819. The molecule has 0 bridgehead atoms. The van der Waals surface area contributed by atoms with Crippen LogP contribution in [0, 0.1) is 6.92 Å². The van der Waals surface area contributed by atoms with Crippen molar-refractivity contribution in [2.75, 3.05) is 0 Å². The Morgan fingerprint density at radius 1 is 1.11 bits per heavy atom. The first-order valence-electron chi connectivity index (χ1n) is 5.50. The van der Waals surface area contributed by atoms with E-state index < -0.39 is 0 Å². The van der Waals surface area contributed by atoms with Crippen molar-refractivity contribution in [2.24, 2.45) is 0 Å². The molecule has 0 aliphatic carbocycles. The second-order valence-electron chi connectivity index (χ2n) is 4.01. The van der Waals surface area contributed by atoms with Crippen molar-refractivity contribution in [3.8, 4) is 10.9 Å². The van der Waals surface area contributed by atoms with Crippen LogP contribution in [0.3, 0.4) is 0 Å². The number of thiazole rings is 1. The molecule has 3 aromatic rings. The summed E-state index contributed by atoms with van der Waals surface area (Å²) < 4.78 is 6.82. The van der Waals surface area contributed by atoms with E-state index in [1.54, 1.807) is 0 Å². The lowest BCUT2D eigenvalue weighted by atomic mass is 10.1. The lowest BCUT2D eigenvalue weighted by Crippen LogP contribution is -1.83. The maximum Gasteiger partial charge on any atom is 0.278 e. The number of hydrogen-bond acceptors (Lipinski definition) is 3. The van der Waals surface area contributed by atoms with Crippen molar-refractivity contribution in [3.05, 3.63) is 51.9 Å². The second-order valence-corrected chi connectivity index (χ2v) is 5.75. The molecule has 0 aliphatic heterocycles. The number of ether oxygens (including phenoxy) is 1. The van der Waals surface area contributed by atoms with E-state index in [-0.39, 0.29) is 0 Å². The van der Waals surface area contributed by atoms with E-state index in [1.807, 2.05) is 30.5 Å². The molecular weight excluding hydrogens is 310 g/mol. The third-order valence-corrected chi connectivity index (χ3v) is 3.91. The Kier molecular flexibility index (Phi) is 3.06. The van der Waals surface area contributed by atoms with Gasteiger partial charge in [-0.15, -0.1) is 0 Å². The first-order chi connectivity index (χ1) is 8.70. The molecule has 2 nitrogen and oxygen atoms in total. The number of halogens is 1. The van der Waals surface area contributed by atoms with Crippen molar-refractivity contribution in [2.45, 2.75) is 6.92 Å². The molecule has 0 amide bonds. The molecule has 1 aromatic heterocycles. The number of hydrogen-bond donors (Lipinski definition) is 0. The molecule has 4 heteroatoms. The number of fused-ring (bicyclic) bond motifs is 1. The van der Waals surface area contributed by atoms with Crippen LogP contribution in [0.4, 0.5) is 0 Å². The summed E-state index contributed by atoms with van der Waals surface area (Å²) in [4.78, 5) is 4.29. The maximum atomic E-state index is 5.73. The lowest BCUT2D eigenvalue weighted by Gasteiger charge is -2.04. The van der Waals surface area contributed by atoms with Gasteiger partial charge in [0.1, 0.15) is 5.75 Å². The monoisotopic (exact) mass is 319 g/mol. The highest BCUT2D eigenvalue weighted by atomic mass is 79.9. The van der Waals surface area contributed by atoms with E-state index in [4.69, 9.17) is 4.74 Å². The normalized spacial score (nSPS) is 10.8. The Morgan fingerprint density at radius 2 is 1.89 bits per heavy atom. The van der Waals surface area contributed by atoms with Crippen LogP contribution in [0.5, 0.6) is 10.9 Å². The molecule has 1 heterocycles. The summed E-state index contributed by atoms with van der Waals surface area (Å²) in [5, 5.41) is 5.01.